The summed E-state index contributed by atoms with van der Waals surface area (Å²) in [6.07, 6.45) is 0. The topological polar surface area (TPSA) is 17.1 Å². The van der Waals surface area contributed by atoms with Gasteiger partial charge in [-0.05, 0) is 18.6 Å². The summed E-state index contributed by atoms with van der Waals surface area (Å²) in [4.78, 5) is 10.6. The summed E-state index contributed by atoms with van der Waals surface area (Å²) in [5.41, 5.74) is 0.985. The molecule has 1 atom stereocenters. The summed E-state index contributed by atoms with van der Waals surface area (Å²) < 4.78 is 12.7. The molecule has 0 aliphatic heterocycles. The van der Waals surface area contributed by atoms with Crippen molar-refractivity contribution in [3.8, 4) is 0 Å². The van der Waals surface area contributed by atoms with Gasteiger partial charge in [-0.15, -0.1) is 0 Å². The van der Waals surface area contributed by atoms with Crippen LogP contribution in [0.25, 0.3) is 0 Å². The molecule has 76 valence electrons. The standard InChI is InChI=1S/C10H9BrClFO/c1-6(14)10(11)7-3-2-4-9(12)8(7)5-13/h2-4,10H,5H2,1H3. The van der Waals surface area contributed by atoms with Crippen molar-refractivity contribution in [3.05, 3.63) is 34.3 Å². The highest BCUT2D eigenvalue weighted by molar-refractivity contribution is 9.09. The van der Waals surface area contributed by atoms with Crippen LogP contribution in [0.5, 0.6) is 0 Å². The van der Waals surface area contributed by atoms with E-state index in [-0.39, 0.29) is 5.78 Å². The Morgan fingerprint density at radius 3 is 2.79 bits per heavy atom. The maximum Gasteiger partial charge on any atom is 0.147 e. The van der Waals surface area contributed by atoms with Crippen LogP contribution in [0.15, 0.2) is 18.2 Å². The second kappa shape index (κ2) is 4.89. The highest BCUT2D eigenvalue weighted by Crippen LogP contribution is 2.31. The molecule has 0 fully saturated rings. The maximum absolute atomic E-state index is 12.7. The summed E-state index contributed by atoms with van der Waals surface area (Å²) in [5, 5.41) is 0.357. The van der Waals surface area contributed by atoms with Gasteiger partial charge in [0.05, 0.1) is 4.83 Å². The van der Waals surface area contributed by atoms with E-state index in [9.17, 15) is 9.18 Å². The molecule has 0 N–H and O–H groups in total. The molecule has 1 nitrogen and oxygen atoms in total. The number of ketones is 1. The third-order valence-corrected chi connectivity index (χ3v) is 3.41. The van der Waals surface area contributed by atoms with Crippen LogP contribution in [0.4, 0.5) is 4.39 Å². The van der Waals surface area contributed by atoms with Crippen LogP contribution in [0.3, 0.4) is 0 Å². The number of hydrogen-bond donors (Lipinski definition) is 0. The van der Waals surface area contributed by atoms with Crippen LogP contribution in [0.1, 0.15) is 22.9 Å². The SMILES string of the molecule is CC(=O)C(Br)c1cccc(Cl)c1CF. The van der Waals surface area contributed by atoms with Gasteiger partial charge in [-0.1, -0.05) is 39.7 Å². The summed E-state index contributed by atoms with van der Waals surface area (Å²) in [6, 6.07) is 5.01. The molecule has 0 heterocycles. The molecule has 0 saturated carbocycles. The largest absolute Gasteiger partial charge is 0.298 e. The van der Waals surface area contributed by atoms with Gasteiger partial charge in [-0.3, -0.25) is 4.79 Å². The molecule has 0 aromatic heterocycles. The van der Waals surface area contributed by atoms with Crippen LogP contribution in [0, 0.1) is 0 Å². The second-order valence-electron chi connectivity index (χ2n) is 2.91. The van der Waals surface area contributed by atoms with Crippen molar-refractivity contribution in [3.63, 3.8) is 0 Å². The molecule has 0 bridgehead atoms. The first kappa shape index (κ1) is 11.7. The van der Waals surface area contributed by atoms with Crippen molar-refractivity contribution in [1.82, 2.24) is 0 Å². The van der Waals surface area contributed by atoms with Crippen molar-refractivity contribution >= 4 is 33.3 Å². The molecule has 1 unspecified atom stereocenters. The highest BCUT2D eigenvalue weighted by atomic mass is 79.9. The zero-order valence-corrected chi connectivity index (χ0v) is 9.90. The lowest BCUT2D eigenvalue weighted by Gasteiger charge is -2.11. The molecule has 14 heavy (non-hydrogen) atoms. The Bertz CT molecular complexity index is 354. The Kier molecular flexibility index (Phi) is 4.08. The van der Waals surface area contributed by atoms with Gasteiger partial charge in [0.1, 0.15) is 12.5 Å². The number of Topliss-reactive ketones (excluding diaryl/α,β-unsaturated/α-hetero) is 1. The molecule has 0 aliphatic carbocycles. The summed E-state index contributed by atoms with van der Waals surface area (Å²) >= 11 is 9.01. The first-order valence-corrected chi connectivity index (χ1v) is 5.35. The van der Waals surface area contributed by atoms with E-state index in [1.165, 1.54) is 6.92 Å². The fourth-order valence-electron chi connectivity index (χ4n) is 1.17. The molecule has 0 spiro atoms. The third-order valence-electron chi connectivity index (χ3n) is 1.92. The summed E-state index contributed by atoms with van der Waals surface area (Å²) in [5.74, 6) is -0.0676. The lowest BCUT2D eigenvalue weighted by atomic mass is 10.0. The summed E-state index contributed by atoms with van der Waals surface area (Å²) in [7, 11) is 0. The maximum atomic E-state index is 12.7. The van der Waals surface area contributed by atoms with E-state index in [0.29, 0.717) is 16.1 Å². The molecule has 0 amide bonds. The van der Waals surface area contributed by atoms with Gasteiger partial charge in [0, 0.05) is 10.6 Å². The lowest BCUT2D eigenvalue weighted by molar-refractivity contribution is -0.116. The normalized spacial score (nSPS) is 12.6. The predicted octanol–water partition coefficient (Wildman–Crippen LogP) is 3.83. The number of hydrogen-bond acceptors (Lipinski definition) is 1. The lowest BCUT2D eigenvalue weighted by Crippen LogP contribution is -2.04. The van der Waals surface area contributed by atoms with Crippen LogP contribution >= 0.6 is 27.5 Å². The number of halogens is 3. The van der Waals surface area contributed by atoms with Crippen LogP contribution in [0.2, 0.25) is 5.02 Å². The van der Waals surface area contributed by atoms with Crippen LogP contribution < -0.4 is 0 Å². The number of carbonyl (C=O) groups is 1. The van der Waals surface area contributed by atoms with Gasteiger partial charge in [-0.25, -0.2) is 4.39 Å². The van der Waals surface area contributed by atoms with Crippen molar-refractivity contribution < 1.29 is 9.18 Å². The molecule has 1 rings (SSSR count). The van der Waals surface area contributed by atoms with E-state index in [1.807, 2.05) is 0 Å². The van der Waals surface area contributed by atoms with E-state index >= 15 is 0 Å². The summed E-state index contributed by atoms with van der Waals surface area (Å²) in [6.45, 7) is 0.784. The van der Waals surface area contributed by atoms with E-state index in [0.717, 1.165) is 0 Å². The van der Waals surface area contributed by atoms with Gasteiger partial charge in [-0.2, -0.15) is 0 Å². The van der Waals surface area contributed by atoms with Gasteiger partial charge >= 0.3 is 0 Å². The zero-order chi connectivity index (χ0) is 10.7. The minimum absolute atomic E-state index is 0.0676. The highest BCUT2D eigenvalue weighted by Gasteiger charge is 2.17. The quantitative estimate of drug-likeness (QED) is 0.769. The average molecular weight is 280 g/mol. The Balaban J connectivity index is 3.20. The fourth-order valence-corrected chi connectivity index (χ4v) is 1.83. The van der Waals surface area contributed by atoms with Gasteiger partial charge in [0.2, 0.25) is 0 Å². The van der Waals surface area contributed by atoms with Gasteiger partial charge < -0.3 is 0 Å². The molecule has 0 radical (unpaired) electrons. The first-order chi connectivity index (χ1) is 6.57. The van der Waals surface area contributed by atoms with Crippen LogP contribution in [-0.2, 0) is 11.5 Å². The number of rotatable bonds is 3. The van der Waals surface area contributed by atoms with Gasteiger partial charge in [0.25, 0.3) is 0 Å². The Labute approximate surface area is 95.4 Å². The average Bonchev–Trinajstić information content (AvgIpc) is 2.16. The number of carbonyl (C=O) groups excluding carboxylic acids is 1. The number of alkyl halides is 2. The fraction of sp³-hybridized carbons (Fsp3) is 0.300. The number of benzene rings is 1. The van der Waals surface area contributed by atoms with Crippen molar-refractivity contribution in [1.29, 1.82) is 0 Å². The molecule has 0 saturated heterocycles. The van der Waals surface area contributed by atoms with Gasteiger partial charge in [0.15, 0.2) is 0 Å². The second-order valence-corrected chi connectivity index (χ2v) is 4.24. The predicted molar refractivity (Wildman–Crippen MR) is 58.6 cm³/mol. The smallest absolute Gasteiger partial charge is 0.147 e. The van der Waals surface area contributed by atoms with Crippen molar-refractivity contribution in [2.75, 3.05) is 0 Å². The van der Waals surface area contributed by atoms with E-state index < -0.39 is 11.5 Å². The van der Waals surface area contributed by atoms with Crippen molar-refractivity contribution in [2.45, 2.75) is 18.4 Å². The van der Waals surface area contributed by atoms with E-state index in [1.54, 1.807) is 18.2 Å². The molecular weight excluding hydrogens is 270 g/mol. The Hall–Kier alpha value is -0.410. The molecule has 1 aromatic rings. The molecular formula is C10H9BrClFO. The molecule has 1 aromatic carbocycles. The molecule has 4 heteroatoms. The first-order valence-electron chi connectivity index (χ1n) is 4.05. The zero-order valence-electron chi connectivity index (χ0n) is 7.56. The Morgan fingerprint density at radius 2 is 2.29 bits per heavy atom. The molecule has 0 aliphatic rings. The Morgan fingerprint density at radius 1 is 1.64 bits per heavy atom. The minimum Gasteiger partial charge on any atom is -0.298 e. The minimum atomic E-state index is -0.662. The third kappa shape index (κ3) is 2.34. The monoisotopic (exact) mass is 278 g/mol. The van der Waals surface area contributed by atoms with E-state index in [4.69, 9.17) is 11.6 Å². The van der Waals surface area contributed by atoms with E-state index in [2.05, 4.69) is 15.9 Å². The van der Waals surface area contributed by atoms with Crippen LogP contribution in [-0.4, -0.2) is 5.78 Å². The van der Waals surface area contributed by atoms with Crippen molar-refractivity contribution in [2.24, 2.45) is 0 Å².